The molecule has 0 heterocycles. The molecule has 7 heteroatoms. The average Bonchev–Trinajstić information content (AvgIpc) is 2.79. The van der Waals surface area contributed by atoms with E-state index in [1.54, 1.807) is 20.8 Å². The normalized spacial score (nSPS) is 16.1. The molecule has 0 aliphatic rings. The van der Waals surface area contributed by atoms with Gasteiger partial charge < -0.3 is 19.8 Å². The lowest BCUT2D eigenvalue weighted by Gasteiger charge is -2.39. The molecule has 0 aromatic heterocycles. The molecule has 198 valence electrons. The molecule has 3 N–H and O–H groups in total. The summed E-state index contributed by atoms with van der Waals surface area (Å²) in [5.74, 6) is -4.02. The molecule has 0 bridgehead atoms. The predicted molar refractivity (Wildman–Crippen MR) is 136 cm³/mol. The van der Waals surface area contributed by atoms with E-state index in [9.17, 15) is 29.7 Å². The van der Waals surface area contributed by atoms with Crippen LogP contribution in [0.5, 0.6) is 0 Å². The van der Waals surface area contributed by atoms with Gasteiger partial charge >= 0.3 is 17.9 Å². The van der Waals surface area contributed by atoms with Crippen LogP contribution in [-0.4, -0.2) is 63.9 Å². The van der Waals surface area contributed by atoms with Crippen molar-refractivity contribution in [2.75, 3.05) is 26.2 Å². The molecule has 0 spiro atoms. The van der Waals surface area contributed by atoms with Crippen molar-refractivity contribution in [3.8, 4) is 0 Å². The largest absolute Gasteiger partial charge is 0.481 e. The summed E-state index contributed by atoms with van der Waals surface area (Å²) in [6.45, 7) is 9.72. The summed E-state index contributed by atoms with van der Waals surface area (Å²) in [4.78, 5) is 34.2. The number of allylic oxidation sites excluding steroid dienone is 1. The number of nitrogens with zero attached hydrogens (tertiary/aromatic N) is 1. The van der Waals surface area contributed by atoms with Crippen LogP contribution in [0.25, 0.3) is 0 Å². The van der Waals surface area contributed by atoms with Crippen LogP contribution in [0.3, 0.4) is 0 Å². The Bertz CT molecular complexity index is 558. The third-order valence-corrected chi connectivity index (χ3v) is 7.01. The lowest BCUT2D eigenvalue weighted by molar-refractivity contribution is -0.924. The van der Waals surface area contributed by atoms with E-state index in [4.69, 9.17) is 0 Å². The molecular formula is C27H50NO6+. The van der Waals surface area contributed by atoms with Gasteiger partial charge in [0.15, 0.2) is 0 Å². The molecule has 0 fully saturated rings. The summed E-state index contributed by atoms with van der Waals surface area (Å²) in [6, 6.07) is 0. The number of quaternary nitrogens is 1. The van der Waals surface area contributed by atoms with E-state index in [1.165, 1.54) is 38.5 Å². The summed E-state index contributed by atoms with van der Waals surface area (Å²) in [7, 11) is 0. The number of aliphatic carboxylic acids is 3. The van der Waals surface area contributed by atoms with Gasteiger partial charge in [-0.2, -0.15) is 0 Å². The molecule has 34 heavy (non-hydrogen) atoms. The topological polar surface area (TPSA) is 112 Å². The summed E-state index contributed by atoms with van der Waals surface area (Å²) in [5.41, 5.74) is 0. The number of carboxylic acid groups (broad SMARTS) is 3. The number of carboxylic acids is 3. The van der Waals surface area contributed by atoms with Crippen molar-refractivity contribution in [1.29, 1.82) is 0 Å². The van der Waals surface area contributed by atoms with E-state index >= 15 is 0 Å². The van der Waals surface area contributed by atoms with Crippen LogP contribution in [0, 0.1) is 17.8 Å². The highest BCUT2D eigenvalue weighted by Crippen LogP contribution is 2.20. The smallest absolute Gasteiger partial charge is 0.306 e. The van der Waals surface area contributed by atoms with Crippen LogP contribution in [-0.2, 0) is 14.4 Å². The molecular weight excluding hydrogens is 434 g/mol. The van der Waals surface area contributed by atoms with E-state index < -0.39 is 35.7 Å². The lowest BCUT2D eigenvalue weighted by atomic mass is 10.0. The molecule has 0 aromatic carbocycles. The Balaban J connectivity index is 5.20. The van der Waals surface area contributed by atoms with Gasteiger partial charge in [0, 0.05) is 19.3 Å². The molecule has 0 amide bonds. The first-order chi connectivity index (χ1) is 16.0. The van der Waals surface area contributed by atoms with Crippen molar-refractivity contribution in [2.24, 2.45) is 17.8 Å². The molecule has 0 rings (SSSR count). The van der Waals surface area contributed by atoms with Gasteiger partial charge in [-0.1, -0.05) is 72.3 Å². The third-order valence-electron chi connectivity index (χ3n) is 7.01. The maximum absolute atomic E-state index is 11.4. The van der Waals surface area contributed by atoms with E-state index in [-0.39, 0.29) is 0 Å². The number of hydrogen-bond donors (Lipinski definition) is 3. The Labute approximate surface area is 206 Å². The maximum atomic E-state index is 11.4. The summed E-state index contributed by atoms with van der Waals surface area (Å²) < 4.78 is 0.528. The monoisotopic (exact) mass is 484 g/mol. The number of hydrogen-bond acceptors (Lipinski definition) is 3. The van der Waals surface area contributed by atoms with Gasteiger partial charge in [-0.25, -0.2) is 0 Å². The molecule has 0 aliphatic heterocycles. The third kappa shape index (κ3) is 15.1. The van der Waals surface area contributed by atoms with Crippen LogP contribution in [0.4, 0.5) is 0 Å². The fourth-order valence-electron chi connectivity index (χ4n) is 4.02. The number of carbonyl (C=O) groups is 3. The zero-order valence-electron chi connectivity index (χ0n) is 22.0. The standard InChI is InChI=1S/C27H49NO6/c1-5-6-7-8-9-10-11-12-13-14-18-28(19-15-22(2)25(29)30,20-16-23(3)26(31)32)21-17-24(4)27(33)34/h13-14,22-24H,5-12,15-21H2,1-4H3,(H2-,29,30,31,32,33,34)/p+1/b14-13+. The second-order valence-electron chi connectivity index (χ2n) is 10.2. The first kappa shape index (κ1) is 32.1. The van der Waals surface area contributed by atoms with Gasteiger partial charge in [0.1, 0.15) is 0 Å². The van der Waals surface area contributed by atoms with Crippen LogP contribution < -0.4 is 0 Å². The van der Waals surface area contributed by atoms with Gasteiger partial charge in [-0.05, 0) is 18.9 Å². The SMILES string of the molecule is CCCCCCCCC/C=C/C[N+](CCC(C)C(=O)O)(CCC(C)C(=O)O)CCC(C)C(=O)O. The maximum Gasteiger partial charge on any atom is 0.306 e. The van der Waals surface area contributed by atoms with Gasteiger partial charge in [0.25, 0.3) is 0 Å². The van der Waals surface area contributed by atoms with Crippen molar-refractivity contribution in [1.82, 2.24) is 0 Å². The summed E-state index contributed by atoms with van der Waals surface area (Å²) in [6.07, 6.45) is 15.5. The quantitative estimate of drug-likeness (QED) is 0.101. The molecule has 0 saturated heterocycles. The molecule has 0 radical (unpaired) electrons. The van der Waals surface area contributed by atoms with E-state index in [1.807, 2.05) is 0 Å². The Morgan fingerprint density at radius 3 is 1.41 bits per heavy atom. The molecule has 0 saturated carbocycles. The van der Waals surface area contributed by atoms with Crippen molar-refractivity contribution >= 4 is 17.9 Å². The predicted octanol–water partition coefficient (Wildman–Crippen LogP) is 5.83. The zero-order valence-corrected chi connectivity index (χ0v) is 22.0. The van der Waals surface area contributed by atoms with Gasteiger partial charge in [0.05, 0.1) is 43.9 Å². The lowest BCUT2D eigenvalue weighted by Crippen LogP contribution is -2.52. The highest BCUT2D eigenvalue weighted by molar-refractivity contribution is 5.70. The van der Waals surface area contributed by atoms with Crippen LogP contribution >= 0.6 is 0 Å². The first-order valence-corrected chi connectivity index (χ1v) is 13.2. The minimum atomic E-state index is -0.842. The van der Waals surface area contributed by atoms with Crippen LogP contribution in [0.1, 0.15) is 98.3 Å². The van der Waals surface area contributed by atoms with Crippen molar-refractivity contribution in [3.63, 3.8) is 0 Å². The minimum Gasteiger partial charge on any atom is -0.481 e. The summed E-state index contributed by atoms with van der Waals surface area (Å²) >= 11 is 0. The number of unbranched alkanes of at least 4 members (excludes halogenated alkanes) is 7. The second kappa shape index (κ2) is 18.4. The molecule has 0 aromatic rings. The van der Waals surface area contributed by atoms with E-state index in [2.05, 4.69) is 19.1 Å². The average molecular weight is 485 g/mol. The Morgan fingerprint density at radius 2 is 1.03 bits per heavy atom. The highest BCUT2D eigenvalue weighted by Gasteiger charge is 2.31. The van der Waals surface area contributed by atoms with Crippen molar-refractivity contribution in [3.05, 3.63) is 12.2 Å². The second-order valence-corrected chi connectivity index (χ2v) is 10.2. The number of rotatable bonds is 22. The molecule has 0 aliphatic carbocycles. The molecule has 7 nitrogen and oxygen atoms in total. The van der Waals surface area contributed by atoms with Gasteiger partial charge in [-0.15, -0.1) is 0 Å². The fraction of sp³-hybridized carbons (Fsp3) is 0.815. The van der Waals surface area contributed by atoms with Gasteiger partial charge in [0.2, 0.25) is 0 Å². The Morgan fingerprint density at radius 1 is 0.647 bits per heavy atom. The summed E-state index contributed by atoms with van der Waals surface area (Å²) in [5, 5.41) is 28.0. The minimum absolute atomic E-state index is 0.476. The zero-order chi connectivity index (χ0) is 26.0. The highest BCUT2D eigenvalue weighted by atomic mass is 16.4. The Hall–Kier alpha value is -1.89. The van der Waals surface area contributed by atoms with Crippen molar-refractivity contribution < 1.29 is 34.2 Å². The van der Waals surface area contributed by atoms with Crippen molar-refractivity contribution in [2.45, 2.75) is 98.3 Å². The van der Waals surface area contributed by atoms with Gasteiger partial charge in [-0.3, -0.25) is 14.4 Å². The van der Waals surface area contributed by atoms with Crippen LogP contribution in [0.2, 0.25) is 0 Å². The van der Waals surface area contributed by atoms with Crippen LogP contribution in [0.15, 0.2) is 12.2 Å². The first-order valence-electron chi connectivity index (χ1n) is 13.2. The Kier molecular flexibility index (Phi) is 17.4. The van der Waals surface area contributed by atoms with E-state index in [0.29, 0.717) is 49.9 Å². The van der Waals surface area contributed by atoms with E-state index in [0.717, 1.165) is 12.8 Å². The molecule has 3 unspecified atom stereocenters. The fourth-order valence-corrected chi connectivity index (χ4v) is 4.02. The molecule has 3 atom stereocenters.